The number of aryl methyl sites for hydroxylation is 1. The summed E-state index contributed by atoms with van der Waals surface area (Å²) in [5, 5.41) is 2.80. The minimum Gasteiger partial charge on any atom is -0.355 e. The Hall–Kier alpha value is -2.13. The molecular formula is C20H24F2N2O3S2. The normalized spacial score (nSPS) is 11.3. The van der Waals surface area contributed by atoms with E-state index in [0.717, 1.165) is 33.3 Å². The molecule has 5 nitrogen and oxygen atoms in total. The molecule has 0 spiro atoms. The van der Waals surface area contributed by atoms with Crippen LogP contribution in [0.25, 0.3) is 0 Å². The van der Waals surface area contributed by atoms with Crippen LogP contribution in [0, 0.1) is 18.6 Å². The molecule has 1 amide bonds. The van der Waals surface area contributed by atoms with Gasteiger partial charge in [0.1, 0.15) is 0 Å². The molecule has 29 heavy (non-hydrogen) atoms. The summed E-state index contributed by atoms with van der Waals surface area (Å²) in [6, 6.07) is 11.0. The van der Waals surface area contributed by atoms with Crippen molar-refractivity contribution in [2.75, 3.05) is 29.4 Å². The molecule has 158 valence electrons. The quantitative estimate of drug-likeness (QED) is 0.450. The Kier molecular flexibility index (Phi) is 8.45. The van der Waals surface area contributed by atoms with E-state index in [4.69, 9.17) is 0 Å². The van der Waals surface area contributed by atoms with Crippen LogP contribution in [0.4, 0.5) is 14.5 Å². The number of nitrogens with one attached hydrogen (secondary N) is 1. The average Bonchev–Trinajstić information content (AvgIpc) is 2.65. The van der Waals surface area contributed by atoms with Crippen molar-refractivity contribution in [2.45, 2.75) is 24.7 Å². The zero-order chi connectivity index (χ0) is 21.4. The number of benzene rings is 2. The summed E-state index contributed by atoms with van der Waals surface area (Å²) < 4.78 is 51.4. The second kappa shape index (κ2) is 10.6. The smallest absolute Gasteiger partial charge is 0.232 e. The third-order valence-corrected chi connectivity index (χ3v) is 6.28. The second-order valence-electron chi connectivity index (χ2n) is 6.55. The number of rotatable bonds is 10. The number of thioether (sulfide) groups is 1. The van der Waals surface area contributed by atoms with Crippen LogP contribution < -0.4 is 9.62 Å². The van der Waals surface area contributed by atoms with Crippen molar-refractivity contribution in [3.63, 3.8) is 0 Å². The third-order valence-electron chi connectivity index (χ3n) is 4.07. The van der Waals surface area contributed by atoms with Gasteiger partial charge in [0, 0.05) is 36.2 Å². The molecule has 0 radical (unpaired) electrons. The van der Waals surface area contributed by atoms with Gasteiger partial charge in [-0.15, -0.1) is 11.8 Å². The number of carbonyl (C=O) groups is 1. The topological polar surface area (TPSA) is 66.5 Å². The number of nitrogens with zero attached hydrogens (tertiary/aromatic N) is 1. The van der Waals surface area contributed by atoms with E-state index in [9.17, 15) is 22.0 Å². The first-order valence-electron chi connectivity index (χ1n) is 9.06. The fourth-order valence-corrected chi connectivity index (χ4v) is 4.32. The maximum atomic E-state index is 13.4. The van der Waals surface area contributed by atoms with E-state index in [1.165, 1.54) is 11.6 Å². The molecule has 2 aromatic rings. The monoisotopic (exact) mass is 442 g/mol. The molecule has 2 rings (SSSR count). The third kappa shape index (κ3) is 7.66. The lowest BCUT2D eigenvalue weighted by Crippen LogP contribution is -2.32. The Labute approximate surface area is 174 Å². The second-order valence-corrected chi connectivity index (χ2v) is 9.62. The molecular weight excluding hydrogens is 418 g/mol. The molecule has 0 heterocycles. The summed E-state index contributed by atoms with van der Waals surface area (Å²) in [4.78, 5) is 13.1. The molecule has 0 atom stereocenters. The number of halogens is 2. The SMILES string of the molecule is Cc1ccc(SCCNC(=O)CCCN(c2ccc(F)c(F)c2)S(C)(=O)=O)cc1. The fourth-order valence-electron chi connectivity index (χ4n) is 2.59. The van der Waals surface area contributed by atoms with Crippen molar-refractivity contribution in [2.24, 2.45) is 0 Å². The molecule has 0 saturated heterocycles. The van der Waals surface area contributed by atoms with Gasteiger partial charge in [0.25, 0.3) is 0 Å². The molecule has 9 heteroatoms. The summed E-state index contributed by atoms with van der Waals surface area (Å²) in [5.41, 5.74) is 1.22. The lowest BCUT2D eigenvalue weighted by molar-refractivity contribution is -0.121. The standard InChI is InChI=1S/C20H24F2N2O3S2/c1-15-5-8-17(9-6-15)28-13-11-23-20(25)4-3-12-24(29(2,26)27)16-7-10-18(21)19(22)14-16/h5-10,14H,3-4,11-13H2,1-2H3,(H,23,25). The highest BCUT2D eigenvalue weighted by Crippen LogP contribution is 2.21. The van der Waals surface area contributed by atoms with Crippen molar-refractivity contribution < 1.29 is 22.0 Å². The highest BCUT2D eigenvalue weighted by atomic mass is 32.2. The van der Waals surface area contributed by atoms with Gasteiger partial charge in [-0.25, -0.2) is 17.2 Å². The molecule has 0 aliphatic heterocycles. The molecule has 0 aromatic heterocycles. The Bertz CT molecular complexity index is 935. The van der Waals surface area contributed by atoms with Crippen LogP contribution in [0.15, 0.2) is 47.4 Å². The first-order valence-corrected chi connectivity index (χ1v) is 11.9. The van der Waals surface area contributed by atoms with Gasteiger partial charge < -0.3 is 5.32 Å². The predicted molar refractivity (Wildman–Crippen MR) is 113 cm³/mol. The van der Waals surface area contributed by atoms with Crippen molar-refractivity contribution in [3.8, 4) is 0 Å². The van der Waals surface area contributed by atoms with E-state index < -0.39 is 21.7 Å². The van der Waals surface area contributed by atoms with Crippen LogP contribution in [0.5, 0.6) is 0 Å². The molecule has 0 aliphatic carbocycles. The summed E-state index contributed by atoms with van der Waals surface area (Å²) in [7, 11) is -3.69. The average molecular weight is 443 g/mol. The number of sulfonamides is 1. The van der Waals surface area contributed by atoms with Gasteiger partial charge in [0.15, 0.2) is 11.6 Å². The fraction of sp³-hybridized carbons (Fsp3) is 0.350. The first kappa shape index (κ1) is 23.2. The minimum atomic E-state index is -3.69. The maximum absolute atomic E-state index is 13.4. The number of amides is 1. The highest BCUT2D eigenvalue weighted by molar-refractivity contribution is 7.99. The number of hydrogen-bond acceptors (Lipinski definition) is 4. The molecule has 2 aromatic carbocycles. The lowest BCUT2D eigenvalue weighted by Gasteiger charge is -2.22. The largest absolute Gasteiger partial charge is 0.355 e. The zero-order valence-corrected chi connectivity index (χ0v) is 18.0. The van der Waals surface area contributed by atoms with Crippen LogP contribution in [-0.2, 0) is 14.8 Å². The number of carbonyl (C=O) groups excluding carboxylic acids is 1. The summed E-state index contributed by atoms with van der Waals surface area (Å²) in [6.07, 6.45) is 1.37. The van der Waals surface area contributed by atoms with Gasteiger partial charge in [-0.3, -0.25) is 9.10 Å². The van der Waals surface area contributed by atoms with Crippen LogP contribution in [0.1, 0.15) is 18.4 Å². The Morgan fingerprint density at radius 2 is 1.79 bits per heavy atom. The van der Waals surface area contributed by atoms with Gasteiger partial charge in [-0.2, -0.15) is 0 Å². The van der Waals surface area contributed by atoms with Crippen molar-refractivity contribution in [1.29, 1.82) is 0 Å². The van der Waals surface area contributed by atoms with E-state index in [0.29, 0.717) is 6.54 Å². The van der Waals surface area contributed by atoms with Gasteiger partial charge >= 0.3 is 0 Å². The van der Waals surface area contributed by atoms with Crippen molar-refractivity contribution in [1.82, 2.24) is 5.32 Å². The van der Waals surface area contributed by atoms with E-state index in [2.05, 4.69) is 5.32 Å². The molecule has 0 saturated carbocycles. The Morgan fingerprint density at radius 3 is 2.41 bits per heavy atom. The number of anilines is 1. The van der Waals surface area contributed by atoms with E-state index in [1.807, 2.05) is 31.2 Å². The lowest BCUT2D eigenvalue weighted by atomic mass is 10.2. The molecule has 0 fully saturated rings. The van der Waals surface area contributed by atoms with E-state index in [1.54, 1.807) is 11.8 Å². The van der Waals surface area contributed by atoms with Gasteiger partial charge in [-0.1, -0.05) is 17.7 Å². The predicted octanol–water partition coefficient (Wildman–Crippen LogP) is 3.73. The number of hydrogen-bond donors (Lipinski definition) is 1. The van der Waals surface area contributed by atoms with Crippen LogP contribution >= 0.6 is 11.8 Å². The van der Waals surface area contributed by atoms with Crippen LogP contribution in [-0.4, -0.2) is 39.4 Å². The van der Waals surface area contributed by atoms with Crippen molar-refractivity contribution >= 4 is 33.4 Å². The van der Waals surface area contributed by atoms with Gasteiger partial charge in [-0.05, 0) is 37.6 Å². The zero-order valence-electron chi connectivity index (χ0n) is 16.3. The van der Waals surface area contributed by atoms with Crippen LogP contribution in [0.3, 0.4) is 0 Å². The minimum absolute atomic E-state index is 0.00452. The van der Waals surface area contributed by atoms with Crippen molar-refractivity contribution in [3.05, 3.63) is 59.7 Å². The maximum Gasteiger partial charge on any atom is 0.232 e. The first-order chi connectivity index (χ1) is 13.7. The molecule has 0 unspecified atom stereocenters. The van der Waals surface area contributed by atoms with E-state index >= 15 is 0 Å². The molecule has 0 aliphatic rings. The van der Waals surface area contributed by atoms with E-state index in [-0.39, 0.29) is 31.0 Å². The highest BCUT2D eigenvalue weighted by Gasteiger charge is 2.19. The summed E-state index contributed by atoms with van der Waals surface area (Å²) in [5.74, 6) is -1.64. The summed E-state index contributed by atoms with van der Waals surface area (Å²) in [6.45, 7) is 2.51. The summed E-state index contributed by atoms with van der Waals surface area (Å²) >= 11 is 1.63. The molecule has 0 bridgehead atoms. The Morgan fingerprint density at radius 1 is 1.10 bits per heavy atom. The Balaban J connectivity index is 1.77. The molecule has 1 N–H and O–H groups in total. The van der Waals surface area contributed by atoms with Crippen LogP contribution in [0.2, 0.25) is 0 Å². The van der Waals surface area contributed by atoms with Gasteiger partial charge in [0.05, 0.1) is 11.9 Å². The van der Waals surface area contributed by atoms with Gasteiger partial charge in [0.2, 0.25) is 15.9 Å².